The summed E-state index contributed by atoms with van der Waals surface area (Å²) < 4.78 is 11.9. The zero-order valence-electron chi connectivity index (χ0n) is 11.0. The highest BCUT2D eigenvalue weighted by Crippen LogP contribution is 2.08. The second-order valence-corrected chi connectivity index (χ2v) is 6.10. The van der Waals surface area contributed by atoms with Crippen molar-refractivity contribution in [3.8, 4) is 0 Å². The molecule has 1 rings (SSSR count). The Hall–Kier alpha value is -0.670. The number of nitrogens with one attached hydrogen (secondary N) is 1. The SMILES string of the molecule is CCNC(C)CCS(=O)Cc1cccc(C)c1. The molecule has 17 heavy (non-hydrogen) atoms. The van der Waals surface area contributed by atoms with Crippen molar-refractivity contribution in [2.24, 2.45) is 0 Å². The van der Waals surface area contributed by atoms with Gasteiger partial charge < -0.3 is 5.32 Å². The average Bonchev–Trinajstić information content (AvgIpc) is 2.27. The van der Waals surface area contributed by atoms with Crippen LogP contribution in [0, 0.1) is 6.92 Å². The Labute approximate surface area is 107 Å². The van der Waals surface area contributed by atoms with Gasteiger partial charge in [0.05, 0.1) is 0 Å². The first-order valence-electron chi connectivity index (χ1n) is 6.25. The van der Waals surface area contributed by atoms with Crippen molar-refractivity contribution in [2.75, 3.05) is 12.3 Å². The predicted molar refractivity (Wildman–Crippen MR) is 75.6 cm³/mol. The van der Waals surface area contributed by atoms with Crippen molar-refractivity contribution in [1.29, 1.82) is 0 Å². The number of benzene rings is 1. The Kier molecular flexibility index (Phi) is 6.45. The van der Waals surface area contributed by atoms with E-state index < -0.39 is 10.8 Å². The van der Waals surface area contributed by atoms with Gasteiger partial charge >= 0.3 is 0 Å². The molecule has 1 aromatic rings. The van der Waals surface area contributed by atoms with Gasteiger partial charge in [0.2, 0.25) is 0 Å². The summed E-state index contributed by atoms with van der Waals surface area (Å²) in [7, 11) is -0.743. The summed E-state index contributed by atoms with van der Waals surface area (Å²) >= 11 is 0. The highest BCUT2D eigenvalue weighted by atomic mass is 32.2. The summed E-state index contributed by atoms with van der Waals surface area (Å²) in [4.78, 5) is 0. The molecule has 3 heteroatoms. The van der Waals surface area contributed by atoms with Gasteiger partial charge in [-0.1, -0.05) is 36.8 Å². The fraction of sp³-hybridized carbons (Fsp3) is 0.571. The Morgan fingerprint density at radius 1 is 1.41 bits per heavy atom. The van der Waals surface area contributed by atoms with Crippen LogP contribution in [-0.4, -0.2) is 22.5 Å². The summed E-state index contributed by atoms with van der Waals surface area (Å²) in [6.07, 6.45) is 0.978. The molecule has 2 unspecified atom stereocenters. The normalized spacial score (nSPS) is 14.5. The zero-order valence-corrected chi connectivity index (χ0v) is 11.8. The van der Waals surface area contributed by atoms with E-state index in [1.807, 2.05) is 6.07 Å². The maximum atomic E-state index is 11.9. The lowest BCUT2D eigenvalue weighted by molar-refractivity contribution is 0.553. The van der Waals surface area contributed by atoms with Crippen LogP contribution >= 0.6 is 0 Å². The van der Waals surface area contributed by atoms with Crippen LogP contribution in [0.4, 0.5) is 0 Å². The molecule has 1 aromatic carbocycles. The smallest absolute Gasteiger partial charge is 0.0485 e. The molecule has 0 aliphatic carbocycles. The van der Waals surface area contributed by atoms with E-state index in [-0.39, 0.29) is 0 Å². The zero-order chi connectivity index (χ0) is 12.7. The fourth-order valence-electron chi connectivity index (χ4n) is 1.82. The Bertz CT molecular complexity index is 365. The quantitative estimate of drug-likeness (QED) is 0.809. The van der Waals surface area contributed by atoms with Crippen molar-refractivity contribution >= 4 is 10.8 Å². The van der Waals surface area contributed by atoms with Gasteiger partial charge in [-0.15, -0.1) is 0 Å². The molecule has 0 aliphatic heterocycles. The molecule has 0 heterocycles. The molecular weight excluding hydrogens is 230 g/mol. The Morgan fingerprint density at radius 2 is 2.18 bits per heavy atom. The van der Waals surface area contributed by atoms with Gasteiger partial charge in [-0.3, -0.25) is 4.21 Å². The molecule has 0 bridgehead atoms. The highest BCUT2D eigenvalue weighted by molar-refractivity contribution is 7.84. The van der Waals surface area contributed by atoms with Crippen LogP contribution in [0.15, 0.2) is 24.3 Å². The molecule has 96 valence electrons. The maximum absolute atomic E-state index is 11.9. The van der Waals surface area contributed by atoms with E-state index in [0.29, 0.717) is 11.8 Å². The minimum absolute atomic E-state index is 0.460. The van der Waals surface area contributed by atoms with Gasteiger partial charge in [0.1, 0.15) is 0 Å². The molecule has 0 fully saturated rings. The Morgan fingerprint density at radius 3 is 2.82 bits per heavy atom. The standard InChI is InChI=1S/C14H23NOS/c1-4-15-13(3)8-9-17(16)11-14-7-5-6-12(2)10-14/h5-7,10,13,15H,4,8-9,11H2,1-3H3. The average molecular weight is 253 g/mol. The molecule has 2 nitrogen and oxygen atoms in total. The molecule has 0 amide bonds. The fourth-order valence-corrected chi connectivity index (χ4v) is 3.13. The van der Waals surface area contributed by atoms with Crippen molar-refractivity contribution in [2.45, 2.75) is 39.0 Å². The number of aryl methyl sites for hydroxylation is 1. The van der Waals surface area contributed by atoms with Crippen LogP contribution in [0.5, 0.6) is 0 Å². The lowest BCUT2D eigenvalue weighted by atomic mass is 10.2. The van der Waals surface area contributed by atoms with Gasteiger partial charge in [0, 0.05) is 28.3 Å². The van der Waals surface area contributed by atoms with E-state index in [9.17, 15) is 4.21 Å². The van der Waals surface area contributed by atoms with Crippen LogP contribution in [0.3, 0.4) is 0 Å². The Balaban J connectivity index is 2.34. The second kappa shape index (κ2) is 7.62. The third kappa shape index (κ3) is 5.99. The first-order valence-corrected chi connectivity index (χ1v) is 7.74. The first-order chi connectivity index (χ1) is 8.11. The summed E-state index contributed by atoms with van der Waals surface area (Å²) in [5.41, 5.74) is 2.42. The van der Waals surface area contributed by atoms with E-state index >= 15 is 0 Å². The topological polar surface area (TPSA) is 29.1 Å². The van der Waals surface area contributed by atoms with Gasteiger partial charge in [-0.05, 0) is 32.4 Å². The minimum atomic E-state index is -0.743. The monoisotopic (exact) mass is 253 g/mol. The largest absolute Gasteiger partial charge is 0.315 e. The molecular formula is C14H23NOS. The van der Waals surface area contributed by atoms with E-state index in [0.717, 1.165) is 18.7 Å². The van der Waals surface area contributed by atoms with Crippen LogP contribution in [0.1, 0.15) is 31.4 Å². The van der Waals surface area contributed by atoms with Crippen molar-refractivity contribution < 1.29 is 4.21 Å². The third-order valence-electron chi connectivity index (χ3n) is 2.74. The summed E-state index contributed by atoms with van der Waals surface area (Å²) in [6.45, 7) is 7.29. The molecule has 1 N–H and O–H groups in total. The lowest BCUT2D eigenvalue weighted by Gasteiger charge is -2.11. The van der Waals surface area contributed by atoms with Gasteiger partial charge in [0.15, 0.2) is 0 Å². The van der Waals surface area contributed by atoms with E-state index in [1.165, 1.54) is 11.1 Å². The first kappa shape index (κ1) is 14.4. The number of rotatable bonds is 7. The summed E-state index contributed by atoms with van der Waals surface area (Å²) in [5, 5.41) is 3.34. The van der Waals surface area contributed by atoms with Crippen LogP contribution in [-0.2, 0) is 16.6 Å². The molecule has 0 radical (unpaired) electrons. The van der Waals surface area contributed by atoms with E-state index in [4.69, 9.17) is 0 Å². The molecule has 0 saturated heterocycles. The van der Waals surface area contributed by atoms with Gasteiger partial charge in [0.25, 0.3) is 0 Å². The van der Waals surface area contributed by atoms with Crippen molar-refractivity contribution in [3.63, 3.8) is 0 Å². The summed E-state index contributed by atoms with van der Waals surface area (Å²) in [6, 6.07) is 8.73. The highest BCUT2D eigenvalue weighted by Gasteiger charge is 2.05. The number of hydrogen-bond acceptors (Lipinski definition) is 2. The second-order valence-electron chi connectivity index (χ2n) is 4.52. The molecule has 0 aliphatic rings. The maximum Gasteiger partial charge on any atom is 0.0485 e. The minimum Gasteiger partial charge on any atom is -0.315 e. The van der Waals surface area contributed by atoms with Crippen molar-refractivity contribution in [3.05, 3.63) is 35.4 Å². The molecule has 0 aromatic heterocycles. The van der Waals surface area contributed by atoms with Crippen LogP contribution in [0.2, 0.25) is 0 Å². The summed E-state index contributed by atoms with van der Waals surface area (Å²) in [5.74, 6) is 1.46. The van der Waals surface area contributed by atoms with E-state index in [1.54, 1.807) is 0 Å². The van der Waals surface area contributed by atoms with E-state index in [2.05, 4.69) is 44.3 Å². The van der Waals surface area contributed by atoms with Gasteiger partial charge in [-0.2, -0.15) is 0 Å². The molecule has 2 atom stereocenters. The van der Waals surface area contributed by atoms with Crippen molar-refractivity contribution in [1.82, 2.24) is 5.32 Å². The molecule has 0 saturated carbocycles. The van der Waals surface area contributed by atoms with Gasteiger partial charge in [-0.25, -0.2) is 0 Å². The van der Waals surface area contributed by atoms with Crippen LogP contribution < -0.4 is 5.32 Å². The van der Waals surface area contributed by atoms with Crippen LogP contribution in [0.25, 0.3) is 0 Å². The number of hydrogen-bond donors (Lipinski definition) is 1. The molecule has 0 spiro atoms. The predicted octanol–water partition coefficient (Wildman–Crippen LogP) is 2.63. The lowest BCUT2D eigenvalue weighted by Crippen LogP contribution is -2.27. The third-order valence-corrected chi connectivity index (χ3v) is 4.09.